The third-order valence-electron chi connectivity index (χ3n) is 8.02. The zero-order chi connectivity index (χ0) is 29.2. The third kappa shape index (κ3) is 5.70. The molecule has 6 rings (SSSR count). The number of carbonyl (C=O) groups is 2. The Labute approximate surface area is 250 Å². The fourth-order valence-corrected chi connectivity index (χ4v) is 6.53. The van der Waals surface area contributed by atoms with Gasteiger partial charge in [-0.05, 0) is 84.6 Å². The van der Waals surface area contributed by atoms with E-state index in [1.807, 2.05) is 59.5 Å². The Hall–Kier alpha value is -4.36. The van der Waals surface area contributed by atoms with E-state index in [9.17, 15) is 14.0 Å². The molecule has 212 valence electrons. The summed E-state index contributed by atoms with van der Waals surface area (Å²) < 4.78 is 13.5. The third-order valence-corrected chi connectivity index (χ3v) is 9.10. The fourth-order valence-electron chi connectivity index (χ4n) is 5.48. The molecule has 1 fully saturated rings. The van der Waals surface area contributed by atoms with E-state index < -0.39 is 0 Å². The molecule has 0 aromatic heterocycles. The molecule has 0 aliphatic carbocycles. The summed E-state index contributed by atoms with van der Waals surface area (Å²) in [4.78, 5) is 34.5. The van der Waals surface area contributed by atoms with Crippen LogP contribution >= 0.6 is 11.8 Å². The van der Waals surface area contributed by atoms with Crippen LogP contribution in [0.3, 0.4) is 0 Å². The SMILES string of the molecule is Cc1cccc(N2CCN(C(=O)c3ccc(C=C4Sc5ccccc5N(Cc5ccc(F)cc5)C4=O)cc3)CC2)c1C. The first-order valence-corrected chi connectivity index (χ1v) is 14.9. The van der Waals surface area contributed by atoms with Crippen molar-refractivity contribution in [3.8, 4) is 0 Å². The highest BCUT2D eigenvalue weighted by atomic mass is 32.2. The van der Waals surface area contributed by atoms with Gasteiger partial charge in [0.15, 0.2) is 0 Å². The summed E-state index contributed by atoms with van der Waals surface area (Å²) in [5, 5.41) is 0. The maximum Gasteiger partial charge on any atom is 0.265 e. The molecule has 1 saturated heterocycles. The smallest absolute Gasteiger partial charge is 0.265 e. The van der Waals surface area contributed by atoms with Gasteiger partial charge in [-0.1, -0.05) is 60.3 Å². The molecule has 0 bridgehead atoms. The summed E-state index contributed by atoms with van der Waals surface area (Å²) in [6, 6.07) is 27.9. The minimum Gasteiger partial charge on any atom is -0.368 e. The van der Waals surface area contributed by atoms with Crippen LogP contribution in [0.2, 0.25) is 0 Å². The fraction of sp³-hybridized carbons (Fsp3) is 0.200. The van der Waals surface area contributed by atoms with Crippen LogP contribution in [0, 0.1) is 19.7 Å². The van der Waals surface area contributed by atoms with Gasteiger partial charge in [0.1, 0.15) is 5.82 Å². The van der Waals surface area contributed by atoms with Crippen molar-refractivity contribution in [1.29, 1.82) is 0 Å². The molecule has 2 aliphatic heterocycles. The second-order valence-corrected chi connectivity index (χ2v) is 11.8. The lowest BCUT2D eigenvalue weighted by Crippen LogP contribution is -2.49. The maximum absolute atomic E-state index is 13.6. The number of hydrogen-bond donors (Lipinski definition) is 0. The molecule has 0 radical (unpaired) electrons. The lowest BCUT2D eigenvalue weighted by atomic mass is 10.1. The summed E-state index contributed by atoms with van der Waals surface area (Å²) >= 11 is 1.44. The number of thioether (sulfide) groups is 1. The van der Waals surface area contributed by atoms with E-state index in [0.717, 1.165) is 34.8 Å². The van der Waals surface area contributed by atoms with Gasteiger partial charge in [-0.25, -0.2) is 4.39 Å². The molecule has 2 heterocycles. The normalized spacial score (nSPS) is 16.1. The number of anilines is 2. The highest BCUT2D eigenvalue weighted by Crippen LogP contribution is 2.42. The van der Waals surface area contributed by atoms with Crippen LogP contribution in [0.25, 0.3) is 6.08 Å². The minimum absolute atomic E-state index is 0.0253. The monoisotopic (exact) mass is 577 g/mol. The van der Waals surface area contributed by atoms with Crippen molar-refractivity contribution in [3.63, 3.8) is 0 Å². The van der Waals surface area contributed by atoms with Gasteiger partial charge in [0.05, 0.1) is 17.1 Å². The number of piperazine rings is 1. The van der Waals surface area contributed by atoms with Gasteiger partial charge >= 0.3 is 0 Å². The molecule has 2 amide bonds. The quantitative estimate of drug-likeness (QED) is 0.238. The van der Waals surface area contributed by atoms with Crippen LogP contribution in [0.15, 0.2) is 101 Å². The summed E-state index contributed by atoms with van der Waals surface area (Å²) in [5.74, 6) is -0.385. The van der Waals surface area contributed by atoms with Crippen molar-refractivity contribution >= 4 is 41.0 Å². The summed E-state index contributed by atoms with van der Waals surface area (Å²) in [7, 11) is 0. The van der Waals surface area contributed by atoms with E-state index in [1.165, 1.54) is 40.7 Å². The van der Waals surface area contributed by atoms with Gasteiger partial charge in [-0.2, -0.15) is 0 Å². The lowest BCUT2D eigenvalue weighted by molar-refractivity contribution is -0.114. The Morgan fingerprint density at radius 1 is 0.833 bits per heavy atom. The summed E-state index contributed by atoms with van der Waals surface area (Å²) in [6.45, 7) is 7.58. The Morgan fingerprint density at radius 3 is 2.26 bits per heavy atom. The zero-order valence-corrected chi connectivity index (χ0v) is 24.5. The number of halogens is 1. The van der Waals surface area contributed by atoms with Crippen LogP contribution in [0.5, 0.6) is 0 Å². The first-order valence-electron chi connectivity index (χ1n) is 14.1. The van der Waals surface area contributed by atoms with Crippen LogP contribution in [0.4, 0.5) is 15.8 Å². The predicted molar refractivity (Wildman–Crippen MR) is 168 cm³/mol. The van der Waals surface area contributed by atoms with Crippen LogP contribution < -0.4 is 9.80 Å². The van der Waals surface area contributed by atoms with Crippen molar-refractivity contribution in [2.45, 2.75) is 25.3 Å². The Bertz CT molecular complexity index is 1660. The highest BCUT2D eigenvalue weighted by molar-refractivity contribution is 8.04. The molecule has 4 aromatic rings. The predicted octanol–water partition coefficient (Wildman–Crippen LogP) is 7.08. The van der Waals surface area contributed by atoms with Gasteiger partial charge in [0, 0.05) is 42.3 Å². The molecular formula is C35H32FN3O2S. The Balaban J connectivity index is 1.15. The molecule has 0 spiro atoms. The molecule has 42 heavy (non-hydrogen) atoms. The number of benzene rings is 4. The summed E-state index contributed by atoms with van der Waals surface area (Å²) in [5.41, 5.74) is 6.99. The summed E-state index contributed by atoms with van der Waals surface area (Å²) in [6.07, 6.45) is 1.87. The number of aryl methyl sites for hydroxylation is 1. The largest absolute Gasteiger partial charge is 0.368 e. The first kappa shape index (κ1) is 27.8. The van der Waals surface area contributed by atoms with E-state index in [2.05, 4.69) is 36.9 Å². The first-order chi connectivity index (χ1) is 20.4. The topological polar surface area (TPSA) is 43.9 Å². The molecule has 0 unspecified atom stereocenters. The Morgan fingerprint density at radius 2 is 1.52 bits per heavy atom. The van der Waals surface area contributed by atoms with Crippen molar-refractivity contribution in [1.82, 2.24) is 4.90 Å². The van der Waals surface area contributed by atoms with Crippen molar-refractivity contribution in [2.75, 3.05) is 36.0 Å². The second kappa shape index (κ2) is 11.9. The van der Waals surface area contributed by atoms with E-state index in [0.29, 0.717) is 30.1 Å². The molecular weight excluding hydrogens is 545 g/mol. The van der Waals surface area contributed by atoms with Gasteiger partial charge in [-0.3, -0.25) is 9.59 Å². The standard InChI is InChI=1S/C35H32FN3O2S/c1-24-6-5-8-30(25(24)2)37-18-20-38(21-19-37)34(40)28-14-10-26(11-15-28)22-33-35(41)39(23-27-12-16-29(36)17-13-27)31-7-3-4-9-32(31)42-33/h3-17,22H,18-21,23H2,1-2H3. The molecule has 4 aromatic carbocycles. The Kier molecular flexibility index (Phi) is 7.85. The van der Waals surface area contributed by atoms with Gasteiger partial charge in [0.25, 0.3) is 11.8 Å². The minimum atomic E-state index is -0.304. The van der Waals surface area contributed by atoms with Gasteiger partial charge in [0.2, 0.25) is 0 Å². The van der Waals surface area contributed by atoms with Crippen LogP contribution in [-0.2, 0) is 11.3 Å². The van der Waals surface area contributed by atoms with Gasteiger partial charge < -0.3 is 14.7 Å². The highest BCUT2D eigenvalue weighted by Gasteiger charge is 2.29. The number of nitrogens with zero attached hydrogens (tertiary/aromatic N) is 3. The number of fused-ring (bicyclic) bond motifs is 1. The van der Waals surface area contributed by atoms with E-state index in [1.54, 1.807) is 17.0 Å². The molecule has 5 nitrogen and oxygen atoms in total. The van der Waals surface area contributed by atoms with E-state index in [-0.39, 0.29) is 17.6 Å². The lowest BCUT2D eigenvalue weighted by Gasteiger charge is -2.37. The number of hydrogen-bond acceptors (Lipinski definition) is 4. The molecule has 7 heteroatoms. The molecule has 2 aliphatic rings. The number of carbonyl (C=O) groups excluding carboxylic acids is 2. The van der Waals surface area contributed by atoms with E-state index >= 15 is 0 Å². The average Bonchev–Trinajstić information content (AvgIpc) is 3.02. The van der Waals surface area contributed by atoms with E-state index in [4.69, 9.17) is 0 Å². The number of para-hydroxylation sites is 1. The van der Waals surface area contributed by atoms with Crippen LogP contribution in [-0.4, -0.2) is 42.9 Å². The number of amides is 2. The molecule has 0 saturated carbocycles. The van der Waals surface area contributed by atoms with Crippen molar-refractivity contribution < 1.29 is 14.0 Å². The van der Waals surface area contributed by atoms with Crippen LogP contribution in [0.1, 0.15) is 32.6 Å². The van der Waals surface area contributed by atoms with Crippen molar-refractivity contribution in [3.05, 3.63) is 130 Å². The average molecular weight is 578 g/mol. The number of rotatable bonds is 5. The molecule has 0 atom stereocenters. The second-order valence-electron chi connectivity index (χ2n) is 10.7. The van der Waals surface area contributed by atoms with Crippen molar-refractivity contribution in [2.24, 2.45) is 0 Å². The zero-order valence-electron chi connectivity index (χ0n) is 23.7. The molecule has 0 N–H and O–H groups in total. The van der Waals surface area contributed by atoms with Gasteiger partial charge in [-0.15, -0.1) is 0 Å². The maximum atomic E-state index is 13.6.